The molecule has 7 nitrogen and oxygen atoms in total. The van der Waals surface area contributed by atoms with Crippen LogP contribution < -0.4 is 10.5 Å². The first-order valence-corrected chi connectivity index (χ1v) is 10.00. The minimum absolute atomic E-state index is 0.221. The van der Waals surface area contributed by atoms with Gasteiger partial charge >= 0.3 is 0 Å². The number of nitrogen functional groups attached to an aromatic ring is 1. The number of anilines is 1. The molecule has 0 aliphatic carbocycles. The van der Waals surface area contributed by atoms with Crippen LogP contribution in [0.4, 0.5) is 5.82 Å². The third-order valence-corrected chi connectivity index (χ3v) is 5.11. The van der Waals surface area contributed by atoms with Crippen LogP contribution in [-0.2, 0) is 0 Å². The number of benzene rings is 3. The van der Waals surface area contributed by atoms with Crippen LogP contribution in [0.2, 0.25) is 0 Å². The molecule has 5 aromatic rings. The molecule has 0 aliphatic rings. The highest BCUT2D eigenvalue weighted by molar-refractivity contribution is 5.88. The fraction of sp³-hybridized carbons (Fsp3) is 0.0400. The zero-order chi connectivity index (χ0) is 22.1. The molecule has 0 fully saturated rings. The van der Waals surface area contributed by atoms with Crippen LogP contribution in [0, 0.1) is 18.3 Å². The van der Waals surface area contributed by atoms with Crippen molar-refractivity contribution in [2.75, 3.05) is 5.73 Å². The first-order chi connectivity index (χ1) is 15.6. The van der Waals surface area contributed by atoms with E-state index in [0.29, 0.717) is 34.5 Å². The van der Waals surface area contributed by atoms with Gasteiger partial charge in [-0.05, 0) is 18.4 Å². The van der Waals surface area contributed by atoms with Crippen molar-refractivity contribution in [2.45, 2.75) is 6.92 Å². The van der Waals surface area contributed by atoms with Gasteiger partial charge in [-0.1, -0.05) is 66.7 Å². The Balaban J connectivity index is 1.67. The number of hydrogen-bond acceptors (Lipinski definition) is 6. The molecule has 5 rings (SSSR count). The van der Waals surface area contributed by atoms with Crippen molar-refractivity contribution in [1.29, 1.82) is 5.26 Å². The Morgan fingerprint density at radius 1 is 0.938 bits per heavy atom. The molecule has 0 atom stereocenters. The van der Waals surface area contributed by atoms with Gasteiger partial charge in [-0.2, -0.15) is 20.0 Å². The second-order valence-electron chi connectivity index (χ2n) is 7.20. The number of nitrogens with zero attached hydrogens (tertiary/aromatic N) is 5. The van der Waals surface area contributed by atoms with E-state index in [0.717, 1.165) is 16.3 Å². The standard InChI is InChI=1S/C25H18N6O/c1-16-20(15-26)24(27)31(30-16)22-14-23(29-25(28-22)18-9-3-2-4-10-18)32-21-13-7-11-17-8-5-6-12-19(17)21/h2-14H,27H2,1H3. The Bertz CT molecular complexity index is 1480. The van der Waals surface area contributed by atoms with Gasteiger partial charge in [-0.15, -0.1) is 0 Å². The number of aryl methyl sites for hydroxylation is 1. The zero-order valence-corrected chi connectivity index (χ0v) is 17.2. The van der Waals surface area contributed by atoms with E-state index < -0.39 is 0 Å². The van der Waals surface area contributed by atoms with Gasteiger partial charge in [-0.25, -0.2) is 4.98 Å². The molecule has 2 N–H and O–H groups in total. The maximum absolute atomic E-state index is 9.40. The summed E-state index contributed by atoms with van der Waals surface area (Å²) >= 11 is 0. The summed E-state index contributed by atoms with van der Waals surface area (Å²) in [5, 5.41) is 15.8. The number of nitriles is 1. The number of ether oxygens (including phenoxy) is 1. The largest absolute Gasteiger partial charge is 0.438 e. The summed E-state index contributed by atoms with van der Waals surface area (Å²) in [4.78, 5) is 9.28. The third kappa shape index (κ3) is 3.40. The van der Waals surface area contributed by atoms with Crippen molar-refractivity contribution in [3.8, 4) is 34.9 Å². The number of hydrogen-bond donors (Lipinski definition) is 1. The lowest BCUT2D eigenvalue weighted by Gasteiger charge is -2.12. The quantitative estimate of drug-likeness (QED) is 0.439. The van der Waals surface area contributed by atoms with Crippen LogP contribution in [-0.4, -0.2) is 19.7 Å². The van der Waals surface area contributed by atoms with Crippen LogP contribution in [0.5, 0.6) is 11.6 Å². The van der Waals surface area contributed by atoms with Gasteiger partial charge in [0.2, 0.25) is 5.88 Å². The number of rotatable bonds is 4. The average molecular weight is 418 g/mol. The van der Waals surface area contributed by atoms with Crippen LogP contribution in [0.3, 0.4) is 0 Å². The number of fused-ring (bicyclic) bond motifs is 1. The Morgan fingerprint density at radius 3 is 2.47 bits per heavy atom. The molecule has 0 amide bonds. The van der Waals surface area contributed by atoms with Crippen molar-refractivity contribution >= 4 is 16.6 Å². The van der Waals surface area contributed by atoms with E-state index in [9.17, 15) is 5.26 Å². The molecule has 0 saturated heterocycles. The number of aromatic nitrogens is 4. The van der Waals surface area contributed by atoms with Crippen LogP contribution in [0.1, 0.15) is 11.3 Å². The highest BCUT2D eigenvalue weighted by atomic mass is 16.5. The summed E-state index contributed by atoms with van der Waals surface area (Å²) in [6.07, 6.45) is 0. The zero-order valence-electron chi connectivity index (χ0n) is 17.2. The van der Waals surface area contributed by atoms with E-state index >= 15 is 0 Å². The van der Waals surface area contributed by atoms with E-state index in [2.05, 4.69) is 21.1 Å². The maximum Gasteiger partial charge on any atom is 0.225 e. The van der Waals surface area contributed by atoms with Crippen molar-refractivity contribution in [2.24, 2.45) is 0 Å². The van der Waals surface area contributed by atoms with Crippen molar-refractivity contribution < 1.29 is 4.74 Å². The highest BCUT2D eigenvalue weighted by Crippen LogP contribution is 2.31. The van der Waals surface area contributed by atoms with Gasteiger partial charge < -0.3 is 10.5 Å². The molecule has 0 unspecified atom stereocenters. The molecular weight excluding hydrogens is 400 g/mol. The van der Waals surface area contributed by atoms with E-state index in [1.165, 1.54) is 4.68 Å². The Kier molecular flexibility index (Phi) is 4.73. The average Bonchev–Trinajstić information content (AvgIpc) is 3.12. The molecule has 0 bridgehead atoms. The molecule has 3 aromatic carbocycles. The lowest BCUT2D eigenvalue weighted by Crippen LogP contribution is -2.07. The normalized spacial score (nSPS) is 10.8. The fourth-order valence-corrected chi connectivity index (χ4v) is 3.55. The van der Waals surface area contributed by atoms with Gasteiger partial charge in [0.15, 0.2) is 11.6 Å². The molecule has 154 valence electrons. The summed E-state index contributed by atoms with van der Waals surface area (Å²) < 4.78 is 7.66. The molecule has 0 spiro atoms. The molecule has 0 radical (unpaired) electrons. The topological polar surface area (TPSA) is 103 Å². The summed E-state index contributed by atoms with van der Waals surface area (Å²) in [5.41, 5.74) is 7.86. The molecule has 32 heavy (non-hydrogen) atoms. The minimum atomic E-state index is 0.221. The Hall–Kier alpha value is -4.70. The lowest BCUT2D eigenvalue weighted by atomic mass is 10.1. The van der Waals surface area contributed by atoms with E-state index in [-0.39, 0.29) is 5.82 Å². The summed E-state index contributed by atoms with van der Waals surface area (Å²) in [6, 6.07) is 27.2. The first kappa shape index (κ1) is 19.3. The molecule has 2 aromatic heterocycles. The monoisotopic (exact) mass is 418 g/mol. The fourth-order valence-electron chi connectivity index (χ4n) is 3.55. The van der Waals surface area contributed by atoms with Crippen molar-refractivity contribution in [3.05, 3.63) is 90.1 Å². The molecule has 0 saturated carbocycles. The van der Waals surface area contributed by atoms with Gasteiger partial charge in [0, 0.05) is 17.0 Å². The summed E-state index contributed by atoms with van der Waals surface area (Å²) in [7, 11) is 0. The van der Waals surface area contributed by atoms with E-state index in [1.54, 1.807) is 13.0 Å². The van der Waals surface area contributed by atoms with Gasteiger partial charge in [0.05, 0.1) is 5.69 Å². The predicted octanol–water partition coefficient (Wildman–Crippen LogP) is 5.04. The molecule has 2 heterocycles. The van der Waals surface area contributed by atoms with Gasteiger partial charge in [-0.3, -0.25) is 0 Å². The lowest BCUT2D eigenvalue weighted by molar-refractivity contribution is 0.467. The van der Waals surface area contributed by atoms with Crippen LogP contribution in [0.25, 0.3) is 28.0 Å². The van der Waals surface area contributed by atoms with Crippen molar-refractivity contribution in [1.82, 2.24) is 19.7 Å². The Morgan fingerprint density at radius 2 is 1.69 bits per heavy atom. The van der Waals surface area contributed by atoms with Gasteiger partial charge in [0.1, 0.15) is 23.2 Å². The maximum atomic E-state index is 9.40. The Labute approximate surface area is 184 Å². The molecule has 0 aliphatic heterocycles. The predicted molar refractivity (Wildman–Crippen MR) is 122 cm³/mol. The van der Waals surface area contributed by atoms with Crippen LogP contribution >= 0.6 is 0 Å². The SMILES string of the molecule is Cc1nn(-c2cc(Oc3cccc4ccccc34)nc(-c3ccccc3)n2)c(N)c1C#N. The number of nitrogens with two attached hydrogens (primary N) is 1. The molecular formula is C25H18N6O. The molecule has 7 heteroatoms. The second kappa shape index (κ2) is 7.85. The van der Waals surface area contributed by atoms with Crippen molar-refractivity contribution in [3.63, 3.8) is 0 Å². The highest BCUT2D eigenvalue weighted by Gasteiger charge is 2.17. The smallest absolute Gasteiger partial charge is 0.225 e. The minimum Gasteiger partial charge on any atom is -0.438 e. The second-order valence-corrected chi connectivity index (χ2v) is 7.20. The first-order valence-electron chi connectivity index (χ1n) is 10.00. The summed E-state index contributed by atoms with van der Waals surface area (Å²) in [6.45, 7) is 1.73. The van der Waals surface area contributed by atoms with Crippen LogP contribution in [0.15, 0.2) is 78.9 Å². The van der Waals surface area contributed by atoms with E-state index in [1.807, 2.05) is 72.8 Å². The summed E-state index contributed by atoms with van der Waals surface area (Å²) in [5.74, 6) is 2.12. The van der Waals surface area contributed by atoms with Gasteiger partial charge in [0.25, 0.3) is 0 Å². The van der Waals surface area contributed by atoms with E-state index in [4.69, 9.17) is 10.5 Å². The third-order valence-electron chi connectivity index (χ3n) is 5.11.